The average Bonchev–Trinajstić information content (AvgIpc) is 2.49. The summed E-state index contributed by atoms with van der Waals surface area (Å²) >= 11 is 0. The van der Waals surface area contributed by atoms with Gasteiger partial charge in [-0.2, -0.15) is 13.2 Å². The Balaban J connectivity index is 2.14. The molecule has 0 radical (unpaired) electrons. The molecule has 0 aliphatic heterocycles. The van der Waals surface area contributed by atoms with Crippen molar-refractivity contribution in [3.05, 3.63) is 54.1 Å². The number of benzene rings is 2. The number of amides is 2. The maximum absolute atomic E-state index is 12.8. The summed E-state index contributed by atoms with van der Waals surface area (Å²) < 4.78 is 38.4. The van der Waals surface area contributed by atoms with Gasteiger partial charge in [0, 0.05) is 0 Å². The Hall–Kier alpha value is -3.03. The third kappa shape index (κ3) is 4.00. The summed E-state index contributed by atoms with van der Waals surface area (Å²) in [5.41, 5.74) is -1.63. The van der Waals surface area contributed by atoms with Gasteiger partial charge in [-0.15, -0.1) is 0 Å². The lowest BCUT2D eigenvalue weighted by molar-refractivity contribution is -0.137. The van der Waals surface area contributed by atoms with Crippen LogP contribution in [0.3, 0.4) is 0 Å². The van der Waals surface area contributed by atoms with Crippen LogP contribution >= 0.6 is 0 Å². The number of para-hydroxylation sites is 3. The lowest BCUT2D eigenvalue weighted by atomic mass is 10.1. The summed E-state index contributed by atoms with van der Waals surface area (Å²) in [5.74, 6) is -2.77. The third-order valence-electron chi connectivity index (χ3n) is 2.84. The Morgan fingerprint density at radius 3 is 1.87 bits per heavy atom. The number of phenolic OH excluding ortho intramolecular Hbond substituents is 1. The number of phenols is 1. The number of hydrogen-bond donors (Lipinski definition) is 3. The second-order valence-corrected chi connectivity index (χ2v) is 4.47. The van der Waals surface area contributed by atoms with Crippen LogP contribution in [-0.2, 0) is 15.8 Å². The first kappa shape index (κ1) is 16.3. The zero-order valence-electron chi connectivity index (χ0n) is 11.5. The van der Waals surface area contributed by atoms with Crippen LogP contribution in [0, 0.1) is 0 Å². The Morgan fingerprint density at radius 1 is 0.826 bits per heavy atom. The molecule has 0 atom stereocenters. The number of alkyl halides is 3. The van der Waals surface area contributed by atoms with E-state index in [4.69, 9.17) is 0 Å². The molecular formula is C15H11F3N2O3. The molecule has 2 rings (SSSR count). The molecule has 0 saturated carbocycles. The maximum Gasteiger partial charge on any atom is 0.418 e. The van der Waals surface area contributed by atoms with Crippen molar-refractivity contribution in [1.29, 1.82) is 0 Å². The van der Waals surface area contributed by atoms with Crippen molar-refractivity contribution in [2.75, 3.05) is 10.6 Å². The molecule has 2 aromatic carbocycles. The van der Waals surface area contributed by atoms with Gasteiger partial charge in [0.2, 0.25) is 0 Å². The van der Waals surface area contributed by atoms with Crippen molar-refractivity contribution in [2.45, 2.75) is 6.18 Å². The van der Waals surface area contributed by atoms with Crippen molar-refractivity contribution >= 4 is 23.2 Å². The lowest BCUT2D eigenvalue weighted by Gasteiger charge is -2.13. The fraction of sp³-hybridized carbons (Fsp3) is 0.0667. The summed E-state index contributed by atoms with van der Waals surface area (Å²) in [7, 11) is 0. The summed E-state index contributed by atoms with van der Waals surface area (Å²) in [5, 5.41) is 13.5. The molecule has 0 aliphatic rings. The molecule has 0 saturated heterocycles. The van der Waals surface area contributed by atoms with E-state index in [2.05, 4.69) is 5.32 Å². The third-order valence-corrected chi connectivity index (χ3v) is 2.84. The van der Waals surface area contributed by atoms with Crippen molar-refractivity contribution in [2.24, 2.45) is 0 Å². The summed E-state index contributed by atoms with van der Waals surface area (Å²) in [4.78, 5) is 23.4. The average molecular weight is 324 g/mol. The first-order valence-corrected chi connectivity index (χ1v) is 6.35. The highest BCUT2D eigenvalue weighted by Gasteiger charge is 2.34. The number of aromatic hydroxyl groups is 1. The second-order valence-electron chi connectivity index (χ2n) is 4.47. The van der Waals surface area contributed by atoms with Gasteiger partial charge < -0.3 is 15.7 Å². The molecule has 0 heterocycles. The molecule has 0 spiro atoms. The van der Waals surface area contributed by atoms with Crippen LogP contribution in [-0.4, -0.2) is 16.9 Å². The van der Waals surface area contributed by atoms with Gasteiger partial charge in [0.15, 0.2) is 0 Å². The van der Waals surface area contributed by atoms with Crippen LogP contribution in [0.5, 0.6) is 5.75 Å². The number of anilines is 2. The molecule has 0 aromatic heterocycles. The van der Waals surface area contributed by atoms with E-state index in [9.17, 15) is 27.9 Å². The number of rotatable bonds is 2. The van der Waals surface area contributed by atoms with E-state index in [1.165, 1.54) is 36.4 Å². The highest BCUT2D eigenvalue weighted by Crippen LogP contribution is 2.34. The van der Waals surface area contributed by atoms with Crippen molar-refractivity contribution in [3.8, 4) is 5.75 Å². The SMILES string of the molecule is O=C(Nc1ccccc1O)C(=O)Nc1ccccc1C(F)(F)F. The molecule has 2 amide bonds. The van der Waals surface area contributed by atoms with Crippen LogP contribution in [0.1, 0.15) is 5.56 Å². The topological polar surface area (TPSA) is 78.4 Å². The molecule has 120 valence electrons. The highest BCUT2D eigenvalue weighted by molar-refractivity contribution is 6.43. The van der Waals surface area contributed by atoms with Crippen LogP contribution in [0.2, 0.25) is 0 Å². The quantitative estimate of drug-likeness (QED) is 0.587. The van der Waals surface area contributed by atoms with E-state index in [1.807, 2.05) is 5.32 Å². The smallest absolute Gasteiger partial charge is 0.418 e. The minimum atomic E-state index is -4.67. The Bertz CT molecular complexity index is 745. The van der Waals surface area contributed by atoms with Crippen LogP contribution in [0.25, 0.3) is 0 Å². The Morgan fingerprint density at radius 2 is 1.30 bits per heavy atom. The number of hydrogen-bond acceptors (Lipinski definition) is 3. The minimum Gasteiger partial charge on any atom is -0.506 e. The molecule has 0 aliphatic carbocycles. The fourth-order valence-corrected chi connectivity index (χ4v) is 1.78. The summed E-state index contributed by atoms with van der Waals surface area (Å²) in [6, 6.07) is 9.92. The first-order chi connectivity index (χ1) is 10.8. The van der Waals surface area contributed by atoms with E-state index in [0.717, 1.165) is 12.1 Å². The molecule has 23 heavy (non-hydrogen) atoms. The minimum absolute atomic E-state index is 0.0308. The van der Waals surface area contributed by atoms with Crippen molar-refractivity contribution in [1.82, 2.24) is 0 Å². The van der Waals surface area contributed by atoms with Crippen molar-refractivity contribution < 1.29 is 27.9 Å². The molecule has 0 bridgehead atoms. The molecular weight excluding hydrogens is 313 g/mol. The van der Waals surface area contributed by atoms with E-state index < -0.39 is 29.2 Å². The standard InChI is InChI=1S/C15H11F3N2O3/c16-15(17,18)9-5-1-2-6-10(9)19-13(22)14(23)20-11-7-3-4-8-12(11)21/h1-8,21H,(H,19,22)(H,20,23). The van der Waals surface area contributed by atoms with Gasteiger partial charge in [-0.3, -0.25) is 9.59 Å². The zero-order valence-corrected chi connectivity index (χ0v) is 11.5. The van der Waals surface area contributed by atoms with Crippen LogP contribution < -0.4 is 10.6 Å². The number of carbonyl (C=O) groups is 2. The molecule has 0 unspecified atom stereocenters. The molecule has 0 fully saturated rings. The van der Waals surface area contributed by atoms with Gasteiger partial charge in [-0.05, 0) is 24.3 Å². The van der Waals surface area contributed by atoms with Gasteiger partial charge >= 0.3 is 18.0 Å². The molecule has 2 aromatic rings. The van der Waals surface area contributed by atoms with Gasteiger partial charge in [0.25, 0.3) is 0 Å². The summed E-state index contributed by atoms with van der Waals surface area (Å²) in [6.07, 6.45) is -4.67. The number of halogens is 3. The molecule has 5 nitrogen and oxygen atoms in total. The first-order valence-electron chi connectivity index (χ1n) is 6.35. The fourth-order valence-electron chi connectivity index (χ4n) is 1.78. The predicted octanol–water partition coefficient (Wildman–Crippen LogP) is 2.99. The summed E-state index contributed by atoms with van der Waals surface area (Å²) in [6.45, 7) is 0. The van der Waals surface area contributed by atoms with Crippen LogP contribution in [0.15, 0.2) is 48.5 Å². The Labute approximate surface area is 128 Å². The molecule has 8 heteroatoms. The van der Waals surface area contributed by atoms with E-state index in [0.29, 0.717) is 0 Å². The van der Waals surface area contributed by atoms with E-state index >= 15 is 0 Å². The van der Waals surface area contributed by atoms with E-state index in [1.54, 1.807) is 0 Å². The second kappa shape index (κ2) is 6.39. The van der Waals surface area contributed by atoms with Gasteiger partial charge in [0.1, 0.15) is 5.75 Å². The maximum atomic E-state index is 12.8. The van der Waals surface area contributed by atoms with Gasteiger partial charge in [-0.25, -0.2) is 0 Å². The molecule has 3 N–H and O–H groups in total. The van der Waals surface area contributed by atoms with Crippen LogP contribution in [0.4, 0.5) is 24.5 Å². The van der Waals surface area contributed by atoms with Gasteiger partial charge in [0.05, 0.1) is 16.9 Å². The predicted molar refractivity (Wildman–Crippen MR) is 76.8 cm³/mol. The normalized spacial score (nSPS) is 10.9. The number of carbonyl (C=O) groups excluding carboxylic acids is 2. The van der Waals surface area contributed by atoms with E-state index in [-0.39, 0.29) is 11.4 Å². The lowest BCUT2D eigenvalue weighted by Crippen LogP contribution is -2.30. The highest BCUT2D eigenvalue weighted by atomic mass is 19.4. The van der Waals surface area contributed by atoms with Crippen molar-refractivity contribution in [3.63, 3.8) is 0 Å². The number of nitrogens with one attached hydrogen (secondary N) is 2. The van der Waals surface area contributed by atoms with Gasteiger partial charge in [-0.1, -0.05) is 24.3 Å². The zero-order chi connectivity index (χ0) is 17.0. The largest absolute Gasteiger partial charge is 0.506 e. The Kier molecular flexibility index (Phi) is 4.54. The monoisotopic (exact) mass is 324 g/mol.